The summed E-state index contributed by atoms with van der Waals surface area (Å²) in [6, 6.07) is 11.9. The van der Waals surface area contributed by atoms with Crippen LogP contribution in [0.1, 0.15) is 49.8 Å². The van der Waals surface area contributed by atoms with Crippen LogP contribution < -0.4 is 0 Å². The molecule has 8 heteroatoms. The molecule has 1 atom stereocenters. The molecule has 1 aliphatic carbocycles. The van der Waals surface area contributed by atoms with E-state index < -0.39 is 0 Å². The van der Waals surface area contributed by atoms with Gasteiger partial charge in [0.05, 0.1) is 0 Å². The van der Waals surface area contributed by atoms with Crippen LogP contribution in [0.3, 0.4) is 0 Å². The fraction of sp³-hybridized carbons (Fsp3) is 0.318. The molecule has 152 valence electrons. The van der Waals surface area contributed by atoms with Crippen LogP contribution in [0.5, 0.6) is 0 Å². The minimum absolute atomic E-state index is 0.135. The van der Waals surface area contributed by atoms with E-state index in [0.717, 1.165) is 35.6 Å². The summed E-state index contributed by atoms with van der Waals surface area (Å²) in [6.45, 7) is 2.11. The Balaban J connectivity index is 1.32. The number of benzene rings is 1. The number of aryl methyl sites for hydroxylation is 1. The average molecular weight is 421 g/mol. The van der Waals surface area contributed by atoms with Crippen molar-refractivity contribution in [3.05, 3.63) is 65.5 Å². The minimum Gasteiger partial charge on any atom is -0.334 e. The van der Waals surface area contributed by atoms with Crippen molar-refractivity contribution in [3.8, 4) is 22.8 Å². The first kappa shape index (κ1) is 18.9. The quantitative estimate of drug-likeness (QED) is 0.413. The Kier molecular flexibility index (Phi) is 5.04. The van der Waals surface area contributed by atoms with Crippen LogP contribution in [0, 0.1) is 0 Å². The van der Waals surface area contributed by atoms with Crippen molar-refractivity contribution in [2.24, 2.45) is 0 Å². The molecule has 1 aliphatic rings. The summed E-state index contributed by atoms with van der Waals surface area (Å²) in [5.41, 5.74) is 1.87. The van der Waals surface area contributed by atoms with Crippen molar-refractivity contribution in [2.45, 2.75) is 44.6 Å². The predicted octanol–water partition coefficient (Wildman–Crippen LogP) is 5.11. The first-order valence-corrected chi connectivity index (χ1v) is 10.5. The minimum atomic E-state index is 0.135. The zero-order chi connectivity index (χ0) is 20.5. The largest absolute Gasteiger partial charge is 0.334 e. The number of halogens is 1. The first-order valence-electron chi connectivity index (χ1n) is 10.1. The number of hydrogen-bond acceptors (Lipinski definition) is 6. The summed E-state index contributed by atoms with van der Waals surface area (Å²) in [5.74, 6) is 3.24. The zero-order valence-corrected chi connectivity index (χ0v) is 17.3. The lowest BCUT2D eigenvalue weighted by Crippen LogP contribution is -2.06. The Morgan fingerprint density at radius 2 is 1.97 bits per heavy atom. The number of pyridine rings is 1. The fourth-order valence-electron chi connectivity index (χ4n) is 3.56. The van der Waals surface area contributed by atoms with Gasteiger partial charge in [-0.05, 0) is 49.6 Å². The number of hydrogen-bond donors (Lipinski definition) is 0. The lowest BCUT2D eigenvalue weighted by atomic mass is 10.0. The Hall–Kier alpha value is -3.06. The Morgan fingerprint density at radius 3 is 2.73 bits per heavy atom. The normalized spacial score (nSPS) is 14.7. The zero-order valence-electron chi connectivity index (χ0n) is 16.6. The van der Waals surface area contributed by atoms with Crippen LogP contribution >= 0.6 is 11.6 Å². The van der Waals surface area contributed by atoms with Crippen molar-refractivity contribution in [3.63, 3.8) is 0 Å². The number of aromatic nitrogens is 6. The molecule has 0 bridgehead atoms. The van der Waals surface area contributed by atoms with Gasteiger partial charge in [0.2, 0.25) is 0 Å². The van der Waals surface area contributed by atoms with E-state index in [1.54, 1.807) is 12.4 Å². The van der Waals surface area contributed by atoms with E-state index in [-0.39, 0.29) is 5.92 Å². The lowest BCUT2D eigenvalue weighted by Gasteiger charge is -2.10. The van der Waals surface area contributed by atoms with Gasteiger partial charge < -0.3 is 9.09 Å². The fourth-order valence-corrected chi connectivity index (χ4v) is 3.75. The second-order valence-corrected chi connectivity index (χ2v) is 8.12. The molecule has 0 spiro atoms. The molecule has 0 amide bonds. The Labute approximate surface area is 179 Å². The second kappa shape index (κ2) is 7.99. The highest BCUT2D eigenvalue weighted by atomic mass is 35.5. The van der Waals surface area contributed by atoms with Gasteiger partial charge in [0.1, 0.15) is 5.82 Å². The Morgan fingerprint density at radius 1 is 1.13 bits per heavy atom. The summed E-state index contributed by atoms with van der Waals surface area (Å²) in [5, 5.41) is 13.8. The van der Waals surface area contributed by atoms with E-state index in [1.165, 1.54) is 12.8 Å². The average Bonchev–Trinajstić information content (AvgIpc) is 3.32. The van der Waals surface area contributed by atoms with Crippen LogP contribution in [-0.4, -0.2) is 29.9 Å². The van der Waals surface area contributed by atoms with Crippen molar-refractivity contribution in [2.75, 3.05) is 0 Å². The van der Waals surface area contributed by atoms with Gasteiger partial charge in [0.25, 0.3) is 5.89 Å². The van der Waals surface area contributed by atoms with Crippen molar-refractivity contribution in [1.82, 2.24) is 29.9 Å². The lowest BCUT2D eigenvalue weighted by molar-refractivity contribution is 0.415. The van der Waals surface area contributed by atoms with Crippen LogP contribution in [-0.2, 0) is 6.42 Å². The van der Waals surface area contributed by atoms with E-state index >= 15 is 0 Å². The van der Waals surface area contributed by atoms with E-state index in [2.05, 4.69) is 36.8 Å². The number of rotatable bonds is 7. The molecule has 1 aromatic carbocycles. The topological polar surface area (TPSA) is 82.5 Å². The van der Waals surface area contributed by atoms with Crippen molar-refractivity contribution >= 4 is 11.6 Å². The maximum absolute atomic E-state index is 6.06. The molecule has 3 heterocycles. The van der Waals surface area contributed by atoms with Gasteiger partial charge in [-0.2, -0.15) is 4.98 Å². The third-order valence-corrected chi connectivity index (χ3v) is 5.61. The van der Waals surface area contributed by atoms with Crippen LogP contribution in [0.15, 0.2) is 53.3 Å². The molecule has 7 nitrogen and oxygen atoms in total. The summed E-state index contributed by atoms with van der Waals surface area (Å²) >= 11 is 6.06. The molecule has 3 aromatic heterocycles. The molecule has 30 heavy (non-hydrogen) atoms. The highest BCUT2D eigenvalue weighted by Crippen LogP contribution is 2.39. The Bertz CT molecular complexity index is 1150. The molecule has 5 rings (SSSR count). The van der Waals surface area contributed by atoms with Crippen LogP contribution in [0.25, 0.3) is 22.8 Å². The summed E-state index contributed by atoms with van der Waals surface area (Å²) in [4.78, 5) is 8.67. The molecule has 1 fully saturated rings. The summed E-state index contributed by atoms with van der Waals surface area (Å²) in [7, 11) is 0. The molecule has 0 radical (unpaired) electrons. The van der Waals surface area contributed by atoms with E-state index in [0.29, 0.717) is 22.8 Å². The second-order valence-electron chi connectivity index (χ2n) is 7.68. The van der Waals surface area contributed by atoms with E-state index in [4.69, 9.17) is 16.1 Å². The third-order valence-electron chi connectivity index (χ3n) is 5.37. The molecule has 4 aromatic rings. The van der Waals surface area contributed by atoms with Crippen molar-refractivity contribution in [1.29, 1.82) is 0 Å². The smallest absolute Gasteiger partial charge is 0.257 e. The third kappa shape index (κ3) is 3.85. The van der Waals surface area contributed by atoms with Gasteiger partial charge in [-0.15, -0.1) is 10.2 Å². The van der Waals surface area contributed by atoms with Gasteiger partial charge in [-0.1, -0.05) is 29.7 Å². The predicted molar refractivity (Wildman–Crippen MR) is 113 cm³/mol. The standard InChI is InChI=1S/C22H21ClN6O/c1-14(20-25-22(30-28-20)16-3-2-4-17(23)13-16)5-8-19-26-27-21(29(19)18-6-7-18)15-9-11-24-12-10-15/h2-4,9-14,18H,5-8H2,1H3. The van der Waals surface area contributed by atoms with Gasteiger partial charge >= 0.3 is 0 Å². The van der Waals surface area contributed by atoms with E-state index in [9.17, 15) is 0 Å². The molecule has 1 unspecified atom stereocenters. The highest BCUT2D eigenvalue weighted by molar-refractivity contribution is 6.30. The molecule has 0 N–H and O–H groups in total. The maximum Gasteiger partial charge on any atom is 0.257 e. The van der Waals surface area contributed by atoms with E-state index in [1.807, 2.05) is 36.4 Å². The SMILES string of the molecule is CC(CCc1nnc(-c2ccncc2)n1C1CC1)c1noc(-c2cccc(Cl)c2)n1. The van der Waals surface area contributed by atoms with Crippen LogP contribution in [0.2, 0.25) is 5.02 Å². The first-order chi connectivity index (χ1) is 14.7. The number of nitrogens with zero attached hydrogens (tertiary/aromatic N) is 6. The van der Waals surface area contributed by atoms with Crippen LogP contribution in [0.4, 0.5) is 0 Å². The summed E-state index contributed by atoms with van der Waals surface area (Å²) in [6.07, 6.45) is 7.58. The molecule has 0 saturated heterocycles. The van der Waals surface area contributed by atoms with Gasteiger partial charge in [0, 0.05) is 46.9 Å². The van der Waals surface area contributed by atoms with Gasteiger partial charge in [0.15, 0.2) is 11.6 Å². The molecule has 0 aliphatic heterocycles. The monoisotopic (exact) mass is 420 g/mol. The molecular weight excluding hydrogens is 400 g/mol. The van der Waals surface area contributed by atoms with Gasteiger partial charge in [-0.3, -0.25) is 4.98 Å². The molecule has 1 saturated carbocycles. The van der Waals surface area contributed by atoms with Gasteiger partial charge in [-0.25, -0.2) is 0 Å². The summed E-state index contributed by atoms with van der Waals surface area (Å²) < 4.78 is 7.74. The van der Waals surface area contributed by atoms with Crippen molar-refractivity contribution < 1.29 is 4.52 Å². The highest BCUT2D eigenvalue weighted by Gasteiger charge is 2.30. The maximum atomic E-state index is 6.06. The molecular formula is C22H21ClN6O.